The SMILES string of the molecule is CCOC(C)OC[C@H](C)CC[C@H](/C=C/C(C)=C/COCc1ccccc1)O[Si](C(C)C)(C(C)C)C(C)C. The van der Waals surface area contributed by atoms with Crippen molar-refractivity contribution in [1.82, 2.24) is 0 Å². The normalized spacial score (nSPS) is 15.8. The van der Waals surface area contributed by atoms with Crippen molar-refractivity contribution >= 4 is 8.32 Å². The van der Waals surface area contributed by atoms with Crippen molar-refractivity contribution in [1.29, 1.82) is 0 Å². The van der Waals surface area contributed by atoms with Gasteiger partial charge in [-0.15, -0.1) is 0 Å². The van der Waals surface area contributed by atoms with E-state index in [-0.39, 0.29) is 12.4 Å². The lowest BCUT2D eigenvalue weighted by molar-refractivity contribution is -0.134. The number of ether oxygens (including phenoxy) is 3. The third-order valence-corrected chi connectivity index (χ3v) is 13.4. The van der Waals surface area contributed by atoms with Crippen molar-refractivity contribution in [3.63, 3.8) is 0 Å². The van der Waals surface area contributed by atoms with E-state index >= 15 is 0 Å². The van der Waals surface area contributed by atoms with Gasteiger partial charge in [0, 0.05) is 6.61 Å². The van der Waals surface area contributed by atoms with E-state index in [1.807, 2.05) is 32.0 Å². The van der Waals surface area contributed by atoms with Gasteiger partial charge in [0.1, 0.15) is 0 Å². The Bertz CT molecular complexity index is 750. The van der Waals surface area contributed by atoms with Gasteiger partial charge in [0.25, 0.3) is 0 Å². The standard InChI is InChI=1S/C32H56O4Si/c1-11-34-30(10)35-23-29(9)18-20-32(36-37(25(2)3,26(4)5)27(6)7)19-17-28(8)21-22-33-24-31-15-13-12-14-16-31/h12-17,19,21,25-27,29-30,32H,11,18,20,22-24H2,1-10H3/b19-17+,28-21+/t29-,30?,32+/m1/s1. The van der Waals surface area contributed by atoms with E-state index in [0.717, 1.165) is 12.8 Å². The molecule has 37 heavy (non-hydrogen) atoms. The Hall–Kier alpha value is -1.24. The molecule has 0 N–H and O–H groups in total. The van der Waals surface area contributed by atoms with Crippen LogP contribution in [0.25, 0.3) is 0 Å². The van der Waals surface area contributed by atoms with Gasteiger partial charge in [-0.3, -0.25) is 0 Å². The van der Waals surface area contributed by atoms with Gasteiger partial charge in [0.2, 0.25) is 8.32 Å². The van der Waals surface area contributed by atoms with Crippen LogP contribution in [0.1, 0.15) is 87.6 Å². The lowest BCUT2D eigenvalue weighted by Crippen LogP contribution is -2.50. The van der Waals surface area contributed by atoms with Gasteiger partial charge >= 0.3 is 0 Å². The minimum Gasteiger partial charge on any atom is -0.410 e. The van der Waals surface area contributed by atoms with Gasteiger partial charge in [0.15, 0.2) is 6.29 Å². The average Bonchev–Trinajstić information content (AvgIpc) is 2.85. The molecule has 0 aromatic heterocycles. The predicted molar refractivity (Wildman–Crippen MR) is 160 cm³/mol. The van der Waals surface area contributed by atoms with Crippen LogP contribution in [0.2, 0.25) is 16.6 Å². The Morgan fingerprint density at radius 2 is 1.49 bits per heavy atom. The minimum absolute atomic E-state index is 0.0965. The summed E-state index contributed by atoms with van der Waals surface area (Å²) in [5.41, 5.74) is 4.07. The largest absolute Gasteiger partial charge is 0.410 e. The lowest BCUT2D eigenvalue weighted by atomic mass is 10.0. The molecule has 5 heteroatoms. The van der Waals surface area contributed by atoms with Crippen molar-refractivity contribution in [2.24, 2.45) is 5.92 Å². The van der Waals surface area contributed by atoms with Gasteiger partial charge in [0.05, 0.1) is 25.9 Å². The Labute approximate surface area is 229 Å². The second kappa shape index (κ2) is 18.1. The van der Waals surface area contributed by atoms with Crippen LogP contribution < -0.4 is 0 Å². The third-order valence-electron chi connectivity index (χ3n) is 7.23. The maximum atomic E-state index is 7.20. The van der Waals surface area contributed by atoms with Crippen LogP contribution in [0.4, 0.5) is 0 Å². The number of rotatable bonds is 19. The summed E-state index contributed by atoms with van der Waals surface area (Å²) in [5.74, 6) is 0.443. The van der Waals surface area contributed by atoms with Gasteiger partial charge in [-0.2, -0.15) is 0 Å². The number of benzene rings is 1. The molecule has 0 radical (unpaired) electrons. The summed E-state index contributed by atoms with van der Waals surface area (Å²) in [6, 6.07) is 10.3. The summed E-state index contributed by atoms with van der Waals surface area (Å²) >= 11 is 0. The molecule has 0 fully saturated rings. The van der Waals surface area contributed by atoms with E-state index in [1.165, 1.54) is 11.1 Å². The van der Waals surface area contributed by atoms with Crippen LogP contribution in [-0.4, -0.2) is 40.5 Å². The molecule has 0 spiro atoms. The fraction of sp³-hybridized carbons (Fsp3) is 0.688. The van der Waals surface area contributed by atoms with Crippen LogP contribution in [0.15, 0.2) is 54.1 Å². The number of allylic oxidation sites excluding steroid dienone is 2. The second-order valence-corrected chi connectivity index (χ2v) is 16.7. The summed E-state index contributed by atoms with van der Waals surface area (Å²) in [6.07, 6.45) is 8.64. The Balaban J connectivity index is 2.88. The highest BCUT2D eigenvalue weighted by molar-refractivity contribution is 6.77. The molecular formula is C32H56O4Si. The molecule has 0 amide bonds. The van der Waals surface area contributed by atoms with Crippen molar-refractivity contribution in [2.75, 3.05) is 19.8 Å². The molecule has 0 saturated carbocycles. The highest BCUT2D eigenvalue weighted by atomic mass is 28.4. The quantitative estimate of drug-likeness (QED) is 0.0770. The maximum absolute atomic E-state index is 7.20. The fourth-order valence-electron chi connectivity index (χ4n) is 5.25. The molecule has 1 unspecified atom stereocenters. The molecule has 0 heterocycles. The first-order valence-electron chi connectivity index (χ1n) is 14.4. The first-order valence-corrected chi connectivity index (χ1v) is 16.5. The molecule has 0 saturated heterocycles. The van der Waals surface area contributed by atoms with E-state index in [1.54, 1.807) is 0 Å². The first-order chi connectivity index (χ1) is 17.5. The topological polar surface area (TPSA) is 36.9 Å². The first kappa shape index (κ1) is 33.8. The molecule has 0 aliphatic carbocycles. The second-order valence-electron chi connectivity index (χ2n) is 11.3. The molecule has 4 nitrogen and oxygen atoms in total. The maximum Gasteiger partial charge on any atom is 0.201 e. The zero-order chi connectivity index (χ0) is 27.8. The van der Waals surface area contributed by atoms with E-state index < -0.39 is 8.32 Å². The summed E-state index contributed by atoms with van der Waals surface area (Å²) < 4.78 is 24.5. The van der Waals surface area contributed by atoms with Gasteiger partial charge in [-0.25, -0.2) is 0 Å². The van der Waals surface area contributed by atoms with Crippen molar-refractivity contribution in [3.8, 4) is 0 Å². The van der Waals surface area contributed by atoms with Crippen molar-refractivity contribution in [2.45, 2.75) is 118 Å². The fourth-order valence-corrected chi connectivity index (χ4v) is 10.8. The molecular weight excluding hydrogens is 476 g/mol. The highest BCUT2D eigenvalue weighted by Crippen LogP contribution is 2.43. The van der Waals surface area contributed by atoms with Crippen LogP contribution in [0.5, 0.6) is 0 Å². The molecule has 3 atom stereocenters. The smallest absolute Gasteiger partial charge is 0.201 e. The monoisotopic (exact) mass is 532 g/mol. The molecule has 1 rings (SSSR count). The predicted octanol–water partition coefficient (Wildman–Crippen LogP) is 9.08. The van der Waals surface area contributed by atoms with Gasteiger partial charge in [-0.05, 0) is 61.7 Å². The Morgan fingerprint density at radius 3 is 2.05 bits per heavy atom. The zero-order valence-electron chi connectivity index (χ0n) is 25.5. The van der Waals surface area contributed by atoms with Gasteiger partial charge < -0.3 is 18.6 Å². The minimum atomic E-state index is -2.00. The zero-order valence-corrected chi connectivity index (χ0v) is 26.5. The summed E-state index contributed by atoms with van der Waals surface area (Å²) in [5, 5.41) is 0. The molecule has 0 bridgehead atoms. The van der Waals surface area contributed by atoms with Crippen LogP contribution in [0, 0.1) is 5.92 Å². The summed E-state index contributed by atoms with van der Waals surface area (Å²) in [7, 11) is -2.00. The van der Waals surface area contributed by atoms with E-state index in [0.29, 0.717) is 49.0 Å². The molecule has 0 aliphatic rings. The van der Waals surface area contributed by atoms with Gasteiger partial charge in [-0.1, -0.05) is 103 Å². The lowest BCUT2D eigenvalue weighted by Gasteiger charge is -2.44. The average molecular weight is 533 g/mol. The molecule has 1 aromatic carbocycles. The van der Waals surface area contributed by atoms with Crippen molar-refractivity contribution < 1.29 is 18.6 Å². The number of hydrogen-bond donors (Lipinski definition) is 0. The summed E-state index contributed by atoms with van der Waals surface area (Å²) in [4.78, 5) is 0. The highest BCUT2D eigenvalue weighted by Gasteiger charge is 2.46. The third kappa shape index (κ3) is 12.4. The van der Waals surface area contributed by atoms with E-state index in [9.17, 15) is 0 Å². The van der Waals surface area contributed by atoms with E-state index in [4.69, 9.17) is 18.6 Å². The van der Waals surface area contributed by atoms with Crippen molar-refractivity contribution in [3.05, 3.63) is 59.7 Å². The summed E-state index contributed by atoms with van der Waals surface area (Å²) in [6.45, 7) is 25.1. The molecule has 0 aliphatic heterocycles. The number of hydrogen-bond acceptors (Lipinski definition) is 4. The van der Waals surface area contributed by atoms with Crippen LogP contribution in [-0.2, 0) is 25.2 Å². The van der Waals surface area contributed by atoms with Crippen LogP contribution >= 0.6 is 0 Å². The Kier molecular flexibility index (Phi) is 16.5. The molecule has 1 aromatic rings. The molecule has 212 valence electrons. The van der Waals surface area contributed by atoms with E-state index in [2.05, 4.69) is 85.8 Å². The van der Waals surface area contributed by atoms with Crippen LogP contribution in [0.3, 0.4) is 0 Å². The Morgan fingerprint density at radius 1 is 0.865 bits per heavy atom.